The average Bonchev–Trinajstić information content (AvgIpc) is 2.93. The van der Waals surface area contributed by atoms with Crippen LogP contribution in [0.2, 0.25) is 0 Å². The van der Waals surface area contributed by atoms with Gasteiger partial charge in [0.05, 0.1) is 23.1 Å². The SMILES string of the molecule is CNc1ccccc1N(C=O)CC(=O)NC(Cc1cccc(F)c1)c1ncccc1-c1ccc(F)c(C)c1. The molecule has 2 amide bonds. The van der Waals surface area contributed by atoms with Gasteiger partial charge < -0.3 is 15.5 Å². The third-order valence-electron chi connectivity index (χ3n) is 6.23. The molecule has 194 valence electrons. The van der Waals surface area contributed by atoms with Gasteiger partial charge in [0.25, 0.3) is 0 Å². The summed E-state index contributed by atoms with van der Waals surface area (Å²) in [5.74, 6) is -1.13. The standard InChI is InChI=1S/C30H28F2N4O2/c1-20-15-22(12-13-25(20)32)24-9-6-14-34-30(24)27(17-21-7-5-8-23(31)16-21)35-29(38)18-36(19-37)28-11-4-3-10-26(28)33-2/h3-16,19,27,33H,17-18H2,1-2H3,(H,35,38). The molecular formula is C30H28F2N4O2. The highest BCUT2D eigenvalue weighted by Crippen LogP contribution is 2.30. The highest BCUT2D eigenvalue weighted by molar-refractivity contribution is 5.92. The van der Waals surface area contributed by atoms with E-state index in [-0.39, 0.29) is 18.8 Å². The number of nitrogens with one attached hydrogen (secondary N) is 2. The van der Waals surface area contributed by atoms with Crippen molar-refractivity contribution >= 4 is 23.7 Å². The Morgan fingerprint density at radius 3 is 2.58 bits per heavy atom. The molecule has 1 unspecified atom stereocenters. The zero-order chi connectivity index (χ0) is 27.1. The van der Waals surface area contributed by atoms with Gasteiger partial charge in [-0.05, 0) is 72.5 Å². The maximum atomic E-state index is 14.0. The molecule has 0 aliphatic rings. The van der Waals surface area contributed by atoms with Gasteiger partial charge in [-0.3, -0.25) is 14.6 Å². The monoisotopic (exact) mass is 514 g/mol. The number of carbonyl (C=O) groups is 2. The number of hydrogen-bond donors (Lipinski definition) is 2. The van der Waals surface area contributed by atoms with Crippen LogP contribution >= 0.6 is 0 Å². The fourth-order valence-corrected chi connectivity index (χ4v) is 4.38. The lowest BCUT2D eigenvalue weighted by molar-refractivity contribution is -0.121. The normalized spacial score (nSPS) is 11.5. The van der Waals surface area contributed by atoms with Gasteiger partial charge in [-0.2, -0.15) is 0 Å². The van der Waals surface area contributed by atoms with E-state index in [4.69, 9.17) is 0 Å². The molecule has 8 heteroatoms. The zero-order valence-corrected chi connectivity index (χ0v) is 21.1. The summed E-state index contributed by atoms with van der Waals surface area (Å²) >= 11 is 0. The molecule has 1 aromatic heterocycles. The lowest BCUT2D eigenvalue weighted by atomic mass is 9.94. The molecule has 0 bridgehead atoms. The molecule has 0 fully saturated rings. The van der Waals surface area contributed by atoms with Crippen molar-refractivity contribution in [2.75, 3.05) is 23.8 Å². The van der Waals surface area contributed by atoms with E-state index in [9.17, 15) is 18.4 Å². The van der Waals surface area contributed by atoms with E-state index >= 15 is 0 Å². The number of amides is 2. The van der Waals surface area contributed by atoms with Crippen LogP contribution in [0, 0.1) is 18.6 Å². The summed E-state index contributed by atoms with van der Waals surface area (Å²) in [6.07, 6.45) is 2.47. The highest BCUT2D eigenvalue weighted by atomic mass is 19.1. The number of rotatable bonds is 10. The highest BCUT2D eigenvalue weighted by Gasteiger charge is 2.23. The van der Waals surface area contributed by atoms with Crippen LogP contribution in [0.1, 0.15) is 22.9 Å². The first-order valence-electron chi connectivity index (χ1n) is 12.1. The Labute approximate surface area is 220 Å². The molecular weight excluding hydrogens is 486 g/mol. The van der Waals surface area contributed by atoms with Crippen molar-refractivity contribution in [3.8, 4) is 11.1 Å². The molecule has 4 rings (SSSR count). The molecule has 0 aliphatic heterocycles. The second-order valence-electron chi connectivity index (χ2n) is 8.85. The molecule has 0 spiro atoms. The van der Waals surface area contributed by atoms with Crippen LogP contribution in [0.3, 0.4) is 0 Å². The first-order chi connectivity index (χ1) is 18.4. The Kier molecular flexibility index (Phi) is 8.43. The van der Waals surface area contributed by atoms with Gasteiger partial charge in [0.15, 0.2) is 0 Å². The fraction of sp³-hybridized carbons (Fsp3) is 0.167. The van der Waals surface area contributed by atoms with E-state index < -0.39 is 17.8 Å². The number of pyridine rings is 1. The number of benzene rings is 3. The summed E-state index contributed by atoms with van der Waals surface area (Å²) in [5, 5.41) is 6.01. The number of nitrogens with zero attached hydrogens (tertiary/aromatic N) is 2. The maximum Gasteiger partial charge on any atom is 0.240 e. The number of para-hydroxylation sites is 2. The number of aromatic nitrogens is 1. The van der Waals surface area contributed by atoms with E-state index in [1.165, 1.54) is 23.1 Å². The number of halogens is 2. The van der Waals surface area contributed by atoms with Gasteiger partial charge in [-0.25, -0.2) is 8.78 Å². The molecule has 6 nitrogen and oxygen atoms in total. The third kappa shape index (κ3) is 6.21. The quantitative estimate of drug-likeness (QED) is 0.277. The van der Waals surface area contributed by atoms with Crippen LogP contribution < -0.4 is 15.5 Å². The molecule has 3 aromatic carbocycles. The molecule has 0 radical (unpaired) electrons. The van der Waals surface area contributed by atoms with Crippen LogP contribution in [0.4, 0.5) is 20.2 Å². The molecule has 1 atom stereocenters. The minimum Gasteiger partial charge on any atom is -0.386 e. The topological polar surface area (TPSA) is 74.3 Å². The van der Waals surface area contributed by atoms with Gasteiger partial charge in [0.1, 0.15) is 18.2 Å². The van der Waals surface area contributed by atoms with Crippen LogP contribution in [0.15, 0.2) is 85.1 Å². The average molecular weight is 515 g/mol. The summed E-state index contributed by atoms with van der Waals surface area (Å²) in [4.78, 5) is 31.1. The summed E-state index contributed by atoms with van der Waals surface area (Å²) in [5.41, 5.74) is 4.39. The maximum absolute atomic E-state index is 14.0. The minimum absolute atomic E-state index is 0.236. The number of aryl methyl sites for hydroxylation is 1. The molecule has 4 aromatic rings. The van der Waals surface area contributed by atoms with Gasteiger partial charge >= 0.3 is 0 Å². The molecule has 0 aliphatic carbocycles. The second-order valence-corrected chi connectivity index (χ2v) is 8.85. The Bertz CT molecular complexity index is 1440. The van der Waals surface area contributed by atoms with Crippen molar-refractivity contribution in [3.63, 3.8) is 0 Å². The predicted octanol–water partition coefficient (Wildman–Crippen LogP) is 5.44. The molecule has 0 saturated carbocycles. The fourth-order valence-electron chi connectivity index (χ4n) is 4.38. The predicted molar refractivity (Wildman–Crippen MR) is 145 cm³/mol. The van der Waals surface area contributed by atoms with Crippen molar-refractivity contribution < 1.29 is 18.4 Å². The molecule has 2 N–H and O–H groups in total. The molecule has 38 heavy (non-hydrogen) atoms. The van der Waals surface area contributed by atoms with Crippen LogP contribution in [-0.4, -0.2) is 30.9 Å². The minimum atomic E-state index is -0.654. The number of carbonyl (C=O) groups excluding carboxylic acids is 2. The third-order valence-corrected chi connectivity index (χ3v) is 6.23. The zero-order valence-electron chi connectivity index (χ0n) is 21.1. The first kappa shape index (κ1) is 26.5. The van der Waals surface area contributed by atoms with Crippen molar-refractivity contribution in [2.45, 2.75) is 19.4 Å². The van der Waals surface area contributed by atoms with Crippen molar-refractivity contribution in [3.05, 3.63) is 114 Å². The Balaban J connectivity index is 1.68. The Hall–Kier alpha value is -4.59. The van der Waals surface area contributed by atoms with E-state index in [1.807, 2.05) is 12.1 Å². The van der Waals surface area contributed by atoms with Crippen molar-refractivity contribution in [1.82, 2.24) is 10.3 Å². The van der Waals surface area contributed by atoms with Crippen LogP contribution in [0.5, 0.6) is 0 Å². The first-order valence-corrected chi connectivity index (χ1v) is 12.1. The summed E-state index contributed by atoms with van der Waals surface area (Å²) in [7, 11) is 1.73. The second kappa shape index (κ2) is 12.1. The Morgan fingerprint density at radius 2 is 1.84 bits per heavy atom. The van der Waals surface area contributed by atoms with Crippen LogP contribution in [0.25, 0.3) is 11.1 Å². The summed E-state index contributed by atoms with van der Waals surface area (Å²) in [6.45, 7) is 1.44. The number of hydrogen-bond acceptors (Lipinski definition) is 4. The molecule has 1 heterocycles. The largest absolute Gasteiger partial charge is 0.386 e. The van der Waals surface area contributed by atoms with E-state index in [0.29, 0.717) is 40.2 Å². The van der Waals surface area contributed by atoms with Gasteiger partial charge in [-0.1, -0.05) is 36.4 Å². The van der Waals surface area contributed by atoms with Gasteiger partial charge in [-0.15, -0.1) is 0 Å². The van der Waals surface area contributed by atoms with E-state index in [0.717, 1.165) is 5.56 Å². The van der Waals surface area contributed by atoms with E-state index in [2.05, 4.69) is 15.6 Å². The number of anilines is 2. The van der Waals surface area contributed by atoms with Crippen molar-refractivity contribution in [1.29, 1.82) is 0 Å². The summed E-state index contributed by atoms with van der Waals surface area (Å²) < 4.78 is 28.0. The lowest BCUT2D eigenvalue weighted by Gasteiger charge is -2.24. The van der Waals surface area contributed by atoms with Crippen molar-refractivity contribution in [2.24, 2.45) is 0 Å². The van der Waals surface area contributed by atoms with Gasteiger partial charge in [0, 0.05) is 18.8 Å². The van der Waals surface area contributed by atoms with E-state index in [1.54, 1.807) is 68.7 Å². The summed E-state index contributed by atoms with van der Waals surface area (Å²) in [6, 6.07) is 21.0. The lowest BCUT2D eigenvalue weighted by Crippen LogP contribution is -2.39. The molecule has 0 saturated heterocycles. The van der Waals surface area contributed by atoms with Crippen LogP contribution in [-0.2, 0) is 16.0 Å². The van der Waals surface area contributed by atoms with Gasteiger partial charge in [0.2, 0.25) is 12.3 Å². The Morgan fingerprint density at radius 1 is 1.03 bits per heavy atom. The smallest absolute Gasteiger partial charge is 0.240 e.